The minimum atomic E-state index is -1.29. The highest BCUT2D eigenvalue weighted by Gasteiger charge is 2.42. The summed E-state index contributed by atoms with van der Waals surface area (Å²) in [6.45, 7) is 1.87. The average molecular weight is 431 g/mol. The van der Waals surface area contributed by atoms with E-state index in [1.54, 1.807) is 72.8 Å². The van der Waals surface area contributed by atoms with Crippen LogP contribution in [0, 0.1) is 0 Å². The van der Waals surface area contributed by atoms with Crippen LogP contribution >= 0.6 is 23.2 Å². The molecule has 150 valence electrons. The molecule has 0 bridgehead atoms. The molecule has 0 aromatic heterocycles. The maximum atomic E-state index is 12.7. The lowest BCUT2D eigenvalue weighted by atomic mass is 9.90. The Labute approximate surface area is 179 Å². The Morgan fingerprint density at radius 3 is 1.69 bits per heavy atom. The molecule has 0 fully saturated rings. The molecule has 0 saturated heterocycles. The van der Waals surface area contributed by atoms with Crippen LogP contribution in [0.2, 0.25) is 10.0 Å². The maximum Gasteiger partial charge on any atom is 0.354 e. The van der Waals surface area contributed by atoms with Crippen LogP contribution in [-0.4, -0.2) is 13.1 Å². The first-order valence-electron chi connectivity index (χ1n) is 9.04. The maximum absolute atomic E-state index is 12.7. The average Bonchev–Trinajstić information content (AvgIpc) is 2.75. The molecule has 29 heavy (non-hydrogen) atoms. The number of benzene rings is 3. The molecule has 0 heterocycles. The molecule has 0 amide bonds. The molecule has 3 rings (SSSR count). The number of rotatable bonds is 7. The highest BCUT2D eigenvalue weighted by atomic mass is 35.5. The normalized spacial score (nSPS) is 12.7. The van der Waals surface area contributed by atoms with Gasteiger partial charge in [-0.15, -0.1) is 0 Å². The smallest absolute Gasteiger partial charge is 0.354 e. The first kappa shape index (κ1) is 21.0. The Morgan fingerprint density at radius 1 is 0.793 bits per heavy atom. The van der Waals surface area contributed by atoms with Crippen molar-refractivity contribution in [1.82, 2.24) is 0 Å². The molecule has 0 N–H and O–H groups in total. The second-order valence-corrected chi connectivity index (χ2v) is 7.18. The number of esters is 1. The van der Waals surface area contributed by atoms with Crippen molar-refractivity contribution < 1.29 is 19.0 Å². The molecule has 0 saturated carbocycles. The van der Waals surface area contributed by atoms with Crippen molar-refractivity contribution in [3.8, 4) is 17.2 Å². The summed E-state index contributed by atoms with van der Waals surface area (Å²) in [5.74, 6) is 1.32. The van der Waals surface area contributed by atoms with Gasteiger partial charge in [0.25, 0.3) is 0 Å². The molecule has 3 aromatic rings. The van der Waals surface area contributed by atoms with Crippen molar-refractivity contribution in [1.29, 1.82) is 0 Å². The van der Waals surface area contributed by atoms with Gasteiger partial charge in [-0.25, -0.2) is 4.79 Å². The Morgan fingerprint density at radius 2 is 1.24 bits per heavy atom. The molecule has 0 aliphatic heterocycles. The van der Waals surface area contributed by atoms with Gasteiger partial charge in [0.05, 0.1) is 7.11 Å². The molecule has 0 radical (unpaired) electrons. The van der Waals surface area contributed by atoms with E-state index in [4.69, 9.17) is 37.4 Å². The summed E-state index contributed by atoms with van der Waals surface area (Å²) in [5, 5.41) is 1.22. The number of carbonyl (C=O) groups excluding carboxylic acids is 1. The van der Waals surface area contributed by atoms with Crippen molar-refractivity contribution in [2.24, 2.45) is 0 Å². The summed E-state index contributed by atoms with van der Waals surface area (Å²) in [5.41, 5.74) is -0.633. The van der Waals surface area contributed by atoms with E-state index in [2.05, 4.69) is 0 Å². The Kier molecular flexibility index (Phi) is 6.68. The zero-order chi connectivity index (χ0) is 20.9. The molecular formula is C23H20Cl2O4. The quantitative estimate of drug-likeness (QED) is 0.393. The van der Waals surface area contributed by atoms with Crippen LogP contribution in [0.1, 0.15) is 18.9 Å². The summed E-state index contributed by atoms with van der Waals surface area (Å²) in [4.78, 5) is 12.7. The number of hydrogen-bond acceptors (Lipinski definition) is 4. The van der Waals surface area contributed by atoms with E-state index in [1.165, 1.54) is 7.11 Å². The molecule has 6 heteroatoms. The van der Waals surface area contributed by atoms with Gasteiger partial charge >= 0.3 is 5.97 Å². The lowest BCUT2D eigenvalue weighted by molar-refractivity contribution is -0.160. The third-order valence-corrected chi connectivity index (χ3v) is 4.99. The number of ether oxygens (including phenoxy) is 3. The van der Waals surface area contributed by atoms with E-state index in [-0.39, 0.29) is 0 Å². The van der Waals surface area contributed by atoms with E-state index < -0.39 is 11.6 Å². The Bertz CT molecular complexity index is 954. The van der Waals surface area contributed by atoms with Crippen LogP contribution < -0.4 is 9.47 Å². The number of hydrogen-bond donors (Lipinski definition) is 0. The zero-order valence-corrected chi connectivity index (χ0v) is 17.5. The lowest BCUT2D eigenvalue weighted by Gasteiger charge is -2.31. The first-order chi connectivity index (χ1) is 14.0. The predicted octanol–water partition coefficient (Wildman–Crippen LogP) is 6.64. The number of methoxy groups -OCH3 is 1. The van der Waals surface area contributed by atoms with Crippen LogP contribution in [0.25, 0.3) is 0 Å². The summed E-state index contributed by atoms with van der Waals surface area (Å²) in [7, 11) is 1.34. The van der Waals surface area contributed by atoms with E-state index in [0.29, 0.717) is 39.3 Å². The number of halogens is 2. The van der Waals surface area contributed by atoms with Crippen molar-refractivity contribution in [3.05, 3.63) is 88.4 Å². The minimum Gasteiger partial charge on any atom is -0.471 e. The fraction of sp³-hybridized carbons (Fsp3) is 0.174. The van der Waals surface area contributed by atoms with Crippen LogP contribution in [0.3, 0.4) is 0 Å². The predicted molar refractivity (Wildman–Crippen MR) is 114 cm³/mol. The van der Waals surface area contributed by atoms with Crippen LogP contribution in [-0.2, 0) is 15.1 Å². The van der Waals surface area contributed by atoms with E-state index in [0.717, 1.165) is 0 Å². The van der Waals surface area contributed by atoms with Crippen molar-refractivity contribution in [2.75, 3.05) is 7.11 Å². The van der Waals surface area contributed by atoms with Crippen molar-refractivity contribution >= 4 is 29.2 Å². The first-order valence-corrected chi connectivity index (χ1v) is 9.79. The van der Waals surface area contributed by atoms with Gasteiger partial charge in [-0.05, 0) is 67.1 Å². The second kappa shape index (κ2) is 9.21. The van der Waals surface area contributed by atoms with Crippen LogP contribution in [0.15, 0.2) is 72.8 Å². The molecule has 1 unspecified atom stereocenters. The lowest BCUT2D eigenvalue weighted by Crippen LogP contribution is -2.42. The molecular weight excluding hydrogens is 411 g/mol. The van der Waals surface area contributed by atoms with E-state index >= 15 is 0 Å². The van der Waals surface area contributed by atoms with Gasteiger partial charge in [0.15, 0.2) is 0 Å². The molecule has 0 spiro atoms. The van der Waals surface area contributed by atoms with E-state index in [9.17, 15) is 4.79 Å². The van der Waals surface area contributed by atoms with Gasteiger partial charge in [-0.3, -0.25) is 0 Å². The standard InChI is InChI=1S/C23H20Cl2O4/c1-3-23(22(26)27-2,29-21-14-8-18(25)9-15-21)16-4-10-19(11-5-16)28-20-12-6-17(24)7-13-20/h4-15H,3H2,1-2H3. The highest BCUT2D eigenvalue weighted by Crippen LogP contribution is 2.35. The molecule has 1 atom stereocenters. The molecule has 0 aliphatic rings. The fourth-order valence-corrected chi connectivity index (χ4v) is 3.19. The SMILES string of the molecule is CCC(Oc1ccc(Cl)cc1)(C(=O)OC)c1ccc(Oc2ccc(Cl)cc2)cc1. The van der Waals surface area contributed by atoms with Gasteiger partial charge in [0.1, 0.15) is 17.2 Å². The fourth-order valence-electron chi connectivity index (χ4n) is 2.94. The minimum absolute atomic E-state index is 0.375. The second-order valence-electron chi connectivity index (χ2n) is 6.31. The molecule has 4 nitrogen and oxygen atoms in total. The van der Waals surface area contributed by atoms with Crippen LogP contribution in [0.5, 0.6) is 17.2 Å². The van der Waals surface area contributed by atoms with E-state index in [1.807, 2.05) is 6.92 Å². The monoisotopic (exact) mass is 430 g/mol. The topological polar surface area (TPSA) is 44.8 Å². The van der Waals surface area contributed by atoms with Gasteiger partial charge in [0.2, 0.25) is 5.60 Å². The zero-order valence-electron chi connectivity index (χ0n) is 16.0. The summed E-state index contributed by atoms with van der Waals surface area (Å²) in [6.07, 6.45) is 0.375. The Hall–Kier alpha value is -2.69. The summed E-state index contributed by atoms with van der Waals surface area (Å²) in [6, 6.07) is 21.1. The third-order valence-electron chi connectivity index (χ3n) is 4.49. The highest BCUT2D eigenvalue weighted by molar-refractivity contribution is 6.30. The van der Waals surface area contributed by atoms with Gasteiger partial charge in [-0.1, -0.05) is 42.3 Å². The third kappa shape index (κ3) is 4.84. The van der Waals surface area contributed by atoms with Crippen molar-refractivity contribution in [3.63, 3.8) is 0 Å². The summed E-state index contributed by atoms with van der Waals surface area (Å²) >= 11 is 11.8. The Balaban J connectivity index is 1.89. The van der Waals surface area contributed by atoms with Crippen molar-refractivity contribution in [2.45, 2.75) is 18.9 Å². The van der Waals surface area contributed by atoms with Gasteiger partial charge < -0.3 is 14.2 Å². The molecule has 0 aliphatic carbocycles. The number of carbonyl (C=O) groups is 1. The van der Waals surface area contributed by atoms with Crippen LogP contribution in [0.4, 0.5) is 0 Å². The van der Waals surface area contributed by atoms with Gasteiger partial charge in [-0.2, -0.15) is 0 Å². The van der Waals surface area contributed by atoms with Gasteiger partial charge in [0, 0.05) is 15.6 Å². The summed E-state index contributed by atoms with van der Waals surface area (Å²) < 4.78 is 17.0. The largest absolute Gasteiger partial charge is 0.471 e. The molecule has 3 aromatic carbocycles.